The summed E-state index contributed by atoms with van der Waals surface area (Å²) in [4.78, 5) is 15.6. The number of fused-ring (bicyclic) bond motifs is 9. The molecule has 51 heavy (non-hydrogen) atoms. The topological polar surface area (TPSA) is 43.6 Å². The largest absolute Gasteiger partial charge is 0.278 e. The molecule has 2 aliphatic carbocycles. The summed E-state index contributed by atoms with van der Waals surface area (Å²) in [5, 5.41) is 2.41. The zero-order valence-corrected chi connectivity index (χ0v) is 29.8. The molecular formula is C47H38N4. The van der Waals surface area contributed by atoms with Crippen LogP contribution >= 0.6 is 0 Å². The van der Waals surface area contributed by atoms with Gasteiger partial charge in [0.25, 0.3) is 0 Å². The maximum atomic E-state index is 5.27. The Bertz CT molecular complexity index is 2570. The molecule has 8 aromatic rings. The van der Waals surface area contributed by atoms with Crippen molar-refractivity contribution in [1.29, 1.82) is 0 Å². The summed E-state index contributed by atoms with van der Waals surface area (Å²) in [6, 6.07) is 44.1. The van der Waals surface area contributed by atoms with Gasteiger partial charge in [0, 0.05) is 32.7 Å². The van der Waals surface area contributed by atoms with Crippen LogP contribution in [0.1, 0.15) is 61.1 Å². The van der Waals surface area contributed by atoms with E-state index in [0.29, 0.717) is 17.6 Å². The van der Waals surface area contributed by atoms with Gasteiger partial charge in [0.05, 0.1) is 11.0 Å². The average Bonchev–Trinajstić information content (AvgIpc) is 3.66. The van der Waals surface area contributed by atoms with Crippen LogP contribution in [0.25, 0.3) is 72.8 Å². The molecule has 0 radical (unpaired) electrons. The number of rotatable bonds is 3. The second-order valence-corrected chi connectivity index (χ2v) is 15.5. The molecule has 4 heteroatoms. The molecule has 0 bridgehead atoms. The molecule has 0 N–H and O–H groups in total. The molecule has 0 saturated carbocycles. The third-order valence-electron chi connectivity index (χ3n) is 11.6. The molecule has 10 rings (SSSR count). The Labute approximate surface area is 298 Å². The highest BCUT2D eigenvalue weighted by Crippen LogP contribution is 2.54. The highest BCUT2D eigenvalue weighted by Gasteiger charge is 2.39. The Morgan fingerprint density at radius 1 is 0.431 bits per heavy atom. The van der Waals surface area contributed by atoms with E-state index in [1.165, 1.54) is 66.4 Å². The molecule has 4 nitrogen and oxygen atoms in total. The van der Waals surface area contributed by atoms with E-state index < -0.39 is 0 Å². The van der Waals surface area contributed by atoms with Crippen LogP contribution < -0.4 is 0 Å². The lowest BCUT2D eigenvalue weighted by Crippen LogP contribution is -2.15. The summed E-state index contributed by atoms with van der Waals surface area (Å²) in [7, 11) is 0. The Kier molecular flexibility index (Phi) is 6.08. The summed E-state index contributed by atoms with van der Waals surface area (Å²) >= 11 is 0. The lowest BCUT2D eigenvalue weighted by Gasteiger charge is -2.22. The number of hydrogen-bond acceptors (Lipinski definition) is 3. The first-order valence-corrected chi connectivity index (χ1v) is 17.9. The highest BCUT2D eigenvalue weighted by molar-refractivity contribution is 6.13. The van der Waals surface area contributed by atoms with Crippen LogP contribution in [0.4, 0.5) is 0 Å². The van der Waals surface area contributed by atoms with Gasteiger partial charge in [-0.1, -0.05) is 136 Å². The average molecular weight is 659 g/mol. The van der Waals surface area contributed by atoms with Crippen molar-refractivity contribution in [3.63, 3.8) is 0 Å². The monoisotopic (exact) mass is 658 g/mol. The van der Waals surface area contributed by atoms with Crippen molar-refractivity contribution in [2.75, 3.05) is 0 Å². The van der Waals surface area contributed by atoms with Crippen LogP contribution in [0.2, 0.25) is 0 Å². The third kappa shape index (κ3) is 4.23. The van der Waals surface area contributed by atoms with E-state index in [-0.39, 0.29) is 10.8 Å². The Morgan fingerprint density at radius 2 is 0.843 bits per heavy atom. The van der Waals surface area contributed by atoms with Gasteiger partial charge < -0.3 is 0 Å². The standard InChI is InChI=1S/C47H38N4/c1-27-17-19-31-33-23-35-36-24-34-32-20-18-28(2)22-38(32)47(5,6)40(34)26-42(36)51(41(35)25-39(33)46(3,4)37(31)21-27)45-49-43(29-13-9-7-10-14-29)48-44(50-45)30-15-11-8-12-16-30/h7-26H,1-6H3. The second kappa shape index (κ2) is 10.3. The molecule has 2 aliphatic rings. The SMILES string of the molecule is Cc1ccc2c(c1)C(C)(C)c1cc3c(cc1-2)c1cc2c(cc1n3-c1nc(-c3ccccc3)nc(-c3ccccc3)n1)C(C)(C)c1cc(C)ccc1-2. The highest BCUT2D eigenvalue weighted by atomic mass is 15.2. The molecule has 0 fully saturated rings. The zero-order valence-electron chi connectivity index (χ0n) is 29.8. The molecule has 0 aliphatic heterocycles. The van der Waals surface area contributed by atoms with Gasteiger partial charge in [-0.05, 0) is 82.6 Å². The molecule has 2 heterocycles. The number of aromatic nitrogens is 4. The summed E-state index contributed by atoms with van der Waals surface area (Å²) < 4.78 is 2.31. The second-order valence-electron chi connectivity index (χ2n) is 15.5. The molecule has 0 amide bonds. The van der Waals surface area contributed by atoms with Gasteiger partial charge in [-0.15, -0.1) is 0 Å². The summed E-state index contributed by atoms with van der Waals surface area (Å²) in [6.07, 6.45) is 0. The zero-order chi connectivity index (χ0) is 34.8. The third-order valence-corrected chi connectivity index (χ3v) is 11.6. The van der Waals surface area contributed by atoms with Crippen molar-refractivity contribution in [1.82, 2.24) is 19.5 Å². The minimum absolute atomic E-state index is 0.157. The van der Waals surface area contributed by atoms with Crippen LogP contribution in [-0.2, 0) is 10.8 Å². The number of aryl methyl sites for hydroxylation is 2. The van der Waals surface area contributed by atoms with Crippen molar-refractivity contribution in [2.45, 2.75) is 52.4 Å². The normalized spacial score (nSPS) is 14.8. The van der Waals surface area contributed by atoms with Crippen molar-refractivity contribution in [3.8, 4) is 51.0 Å². The molecule has 0 spiro atoms. The molecule has 0 atom stereocenters. The van der Waals surface area contributed by atoms with E-state index >= 15 is 0 Å². The van der Waals surface area contributed by atoms with E-state index in [9.17, 15) is 0 Å². The Morgan fingerprint density at radius 3 is 1.27 bits per heavy atom. The van der Waals surface area contributed by atoms with E-state index in [1.54, 1.807) is 0 Å². The first kappa shape index (κ1) is 30.0. The van der Waals surface area contributed by atoms with Crippen molar-refractivity contribution in [2.24, 2.45) is 0 Å². The lowest BCUT2D eigenvalue weighted by molar-refractivity contribution is 0.660. The van der Waals surface area contributed by atoms with E-state index in [1.807, 2.05) is 36.4 Å². The van der Waals surface area contributed by atoms with Gasteiger partial charge in [0.1, 0.15) is 0 Å². The molecular weight excluding hydrogens is 621 g/mol. The van der Waals surface area contributed by atoms with Crippen LogP contribution in [-0.4, -0.2) is 19.5 Å². The van der Waals surface area contributed by atoms with Crippen LogP contribution in [0.3, 0.4) is 0 Å². The van der Waals surface area contributed by atoms with E-state index in [2.05, 4.69) is 131 Å². The van der Waals surface area contributed by atoms with Crippen molar-refractivity contribution in [3.05, 3.63) is 155 Å². The van der Waals surface area contributed by atoms with E-state index in [0.717, 1.165) is 22.2 Å². The Balaban J connectivity index is 1.34. The first-order chi connectivity index (χ1) is 24.6. The number of nitrogens with zero attached hydrogens (tertiary/aromatic N) is 4. The van der Waals surface area contributed by atoms with Crippen LogP contribution in [0, 0.1) is 13.8 Å². The predicted octanol–water partition coefficient (Wildman–Crippen LogP) is 11.5. The van der Waals surface area contributed by atoms with Gasteiger partial charge in [-0.2, -0.15) is 9.97 Å². The molecule has 246 valence electrons. The fraction of sp³-hybridized carbons (Fsp3) is 0.170. The van der Waals surface area contributed by atoms with Gasteiger partial charge in [0.2, 0.25) is 5.95 Å². The first-order valence-electron chi connectivity index (χ1n) is 17.9. The van der Waals surface area contributed by atoms with Crippen LogP contribution in [0.15, 0.2) is 121 Å². The molecule has 0 unspecified atom stereocenters. The minimum atomic E-state index is -0.157. The fourth-order valence-corrected chi connectivity index (χ4v) is 8.81. The molecule has 0 saturated heterocycles. The number of hydrogen-bond donors (Lipinski definition) is 0. The van der Waals surface area contributed by atoms with Crippen molar-refractivity contribution >= 4 is 21.8 Å². The quantitative estimate of drug-likeness (QED) is 0.190. The lowest BCUT2D eigenvalue weighted by atomic mass is 9.81. The molecule has 2 aromatic heterocycles. The predicted molar refractivity (Wildman–Crippen MR) is 210 cm³/mol. The maximum Gasteiger partial charge on any atom is 0.238 e. The smallest absolute Gasteiger partial charge is 0.238 e. The summed E-state index contributed by atoms with van der Waals surface area (Å²) in [6.45, 7) is 13.8. The van der Waals surface area contributed by atoms with Gasteiger partial charge >= 0.3 is 0 Å². The Hall–Kier alpha value is -5.87. The minimum Gasteiger partial charge on any atom is -0.278 e. The van der Waals surface area contributed by atoms with E-state index in [4.69, 9.17) is 15.0 Å². The number of benzene rings is 6. The van der Waals surface area contributed by atoms with Gasteiger partial charge in [-0.3, -0.25) is 4.57 Å². The van der Waals surface area contributed by atoms with Gasteiger partial charge in [0.15, 0.2) is 11.6 Å². The molecule has 6 aromatic carbocycles. The summed E-state index contributed by atoms with van der Waals surface area (Å²) in [5.74, 6) is 1.93. The van der Waals surface area contributed by atoms with Gasteiger partial charge in [-0.25, -0.2) is 4.98 Å². The summed E-state index contributed by atoms with van der Waals surface area (Å²) in [5.41, 5.74) is 17.1. The van der Waals surface area contributed by atoms with Crippen molar-refractivity contribution < 1.29 is 0 Å². The fourth-order valence-electron chi connectivity index (χ4n) is 8.81. The van der Waals surface area contributed by atoms with Crippen LogP contribution in [0.5, 0.6) is 0 Å². The maximum absolute atomic E-state index is 5.27.